The van der Waals surface area contributed by atoms with E-state index in [0.717, 1.165) is 17.3 Å². The second-order valence-electron chi connectivity index (χ2n) is 5.84. The molecule has 0 heterocycles. The predicted octanol–water partition coefficient (Wildman–Crippen LogP) is 2.43. The second kappa shape index (κ2) is 9.32. The molecular formula is C17H24N2O4S. The van der Waals surface area contributed by atoms with Crippen molar-refractivity contribution in [2.75, 3.05) is 16.8 Å². The van der Waals surface area contributed by atoms with Gasteiger partial charge in [-0.3, -0.25) is 9.59 Å². The van der Waals surface area contributed by atoms with Crippen molar-refractivity contribution in [3.63, 3.8) is 0 Å². The summed E-state index contributed by atoms with van der Waals surface area (Å²) in [7, 11) is 0. The van der Waals surface area contributed by atoms with Crippen LogP contribution in [0.1, 0.15) is 32.3 Å². The van der Waals surface area contributed by atoms with Crippen LogP contribution in [0.15, 0.2) is 24.3 Å². The Kier molecular flexibility index (Phi) is 7.78. The Morgan fingerprint density at radius 3 is 2.25 bits per heavy atom. The number of carbonyl (C=O) groups is 3. The topological polar surface area (TPSA) is 95.5 Å². The Balaban J connectivity index is 2.37. The van der Waals surface area contributed by atoms with Gasteiger partial charge in [0.15, 0.2) is 0 Å². The maximum Gasteiger partial charge on any atom is 0.329 e. The minimum Gasteiger partial charge on any atom is -0.480 e. The summed E-state index contributed by atoms with van der Waals surface area (Å²) in [5.41, 5.74) is 0.543. The molecule has 3 N–H and O–H groups in total. The largest absolute Gasteiger partial charge is 0.480 e. The van der Waals surface area contributed by atoms with Gasteiger partial charge in [-0.05, 0) is 32.4 Å². The van der Waals surface area contributed by atoms with Crippen LogP contribution in [0, 0.1) is 6.92 Å². The third kappa shape index (κ3) is 6.62. The minimum atomic E-state index is -1.27. The summed E-state index contributed by atoms with van der Waals surface area (Å²) < 4.78 is 0. The van der Waals surface area contributed by atoms with Gasteiger partial charge in [-0.1, -0.05) is 31.0 Å². The SMILES string of the molecule is CCCC(C)(NC(=O)CSCC(=O)Nc1ccc(C)cc1)C(=O)O. The van der Waals surface area contributed by atoms with Crippen molar-refractivity contribution in [1.82, 2.24) is 5.32 Å². The molecule has 132 valence electrons. The average molecular weight is 352 g/mol. The van der Waals surface area contributed by atoms with Crippen LogP contribution in [0.2, 0.25) is 0 Å². The van der Waals surface area contributed by atoms with E-state index in [1.807, 2.05) is 38.1 Å². The molecule has 0 saturated carbocycles. The minimum absolute atomic E-state index is 0.0356. The lowest BCUT2D eigenvalue weighted by atomic mass is 9.96. The lowest BCUT2D eigenvalue weighted by Crippen LogP contribution is -2.52. The van der Waals surface area contributed by atoms with Crippen molar-refractivity contribution in [2.24, 2.45) is 0 Å². The van der Waals surface area contributed by atoms with Gasteiger partial charge in [-0.15, -0.1) is 11.8 Å². The molecule has 6 nitrogen and oxygen atoms in total. The van der Waals surface area contributed by atoms with Gasteiger partial charge in [0.2, 0.25) is 11.8 Å². The van der Waals surface area contributed by atoms with Gasteiger partial charge in [0, 0.05) is 5.69 Å². The zero-order valence-electron chi connectivity index (χ0n) is 14.2. The van der Waals surface area contributed by atoms with Gasteiger partial charge < -0.3 is 15.7 Å². The number of rotatable bonds is 9. The van der Waals surface area contributed by atoms with E-state index in [1.54, 1.807) is 0 Å². The van der Waals surface area contributed by atoms with Crippen LogP contribution < -0.4 is 10.6 Å². The molecule has 0 bridgehead atoms. The van der Waals surface area contributed by atoms with Gasteiger partial charge in [-0.25, -0.2) is 4.79 Å². The quantitative estimate of drug-likeness (QED) is 0.634. The van der Waals surface area contributed by atoms with Crippen molar-refractivity contribution in [2.45, 2.75) is 39.2 Å². The van der Waals surface area contributed by atoms with Crippen LogP contribution >= 0.6 is 11.8 Å². The highest BCUT2D eigenvalue weighted by molar-refractivity contribution is 8.00. The fourth-order valence-corrected chi connectivity index (χ4v) is 2.75. The molecule has 1 unspecified atom stereocenters. The van der Waals surface area contributed by atoms with E-state index < -0.39 is 11.5 Å². The van der Waals surface area contributed by atoms with E-state index in [1.165, 1.54) is 6.92 Å². The number of anilines is 1. The van der Waals surface area contributed by atoms with Crippen LogP contribution in [0.3, 0.4) is 0 Å². The first-order valence-electron chi connectivity index (χ1n) is 7.75. The number of amides is 2. The lowest BCUT2D eigenvalue weighted by Gasteiger charge is -2.25. The van der Waals surface area contributed by atoms with Gasteiger partial charge in [0.25, 0.3) is 0 Å². The molecule has 2 amide bonds. The summed E-state index contributed by atoms with van der Waals surface area (Å²) in [5.74, 6) is -1.49. The third-order valence-electron chi connectivity index (χ3n) is 3.44. The molecule has 0 fully saturated rings. The first-order chi connectivity index (χ1) is 11.3. The van der Waals surface area contributed by atoms with Crippen molar-refractivity contribution in [3.05, 3.63) is 29.8 Å². The number of benzene rings is 1. The number of carboxylic acids is 1. The first kappa shape index (κ1) is 20.0. The van der Waals surface area contributed by atoms with Gasteiger partial charge in [0.1, 0.15) is 5.54 Å². The van der Waals surface area contributed by atoms with Gasteiger partial charge in [0.05, 0.1) is 11.5 Å². The summed E-state index contributed by atoms with van der Waals surface area (Å²) in [6, 6.07) is 7.43. The smallest absolute Gasteiger partial charge is 0.329 e. The zero-order chi connectivity index (χ0) is 18.2. The summed E-state index contributed by atoms with van der Waals surface area (Å²) in [4.78, 5) is 35.0. The molecule has 0 aliphatic rings. The van der Waals surface area contributed by atoms with E-state index in [-0.39, 0.29) is 23.3 Å². The van der Waals surface area contributed by atoms with E-state index >= 15 is 0 Å². The van der Waals surface area contributed by atoms with E-state index in [2.05, 4.69) is 10.6 Å². The highest BCUT2D eigenvalue weighted by Gasteiger charge is 2.33. The number of nitrogens with one attached hydrogen (secondary N) is 2. The molecule has 1 aromatic rings. The maximum atomic E-state index is 11.9. The van der Waals surface area contributed by atoms with Crippen LogP contribution in [-0.2, 0) is 14.4 Å². The van der Waals surface area contributed by atoms with Crippen LogP contribution in [0.25, 0.3) is 0 Å². The van der Waals surface area contributed by atoms with Crippen LogP contribution in [0.4, 0.5) is 5.69 Å². The molecule has 7 heteroatoms. The number of hydrogen-bond acceptors (Lipinski definition) is 4. The Morgan fingerprint density at radius 1 is 1.12 bits per heavy atom. The van der Waals surface area contributed by atoms with Gasteiger partial charge in [-0.2, -0.15) is 0 Å². The molecule has 0 spiro atoms. The van der Waals surface area contributed by atoms with Crippen LogP contribution in [-0.4, -0.2) is 39.9 Å². The third-order valence-corrected chi connectivity index (χ3v) is 4.37. The number of thioether (sulfide) groups is 1. The number of aryl methyl sites for hydroxylation is 1. The summed E-state index contributed by atoms with van der Waals surface area (Å²) in [6.45, 7) is 5.31. The van der Waals surface area contributed by atoms with Crippen molar-refractivity contribution < 1.29 is 19.5 Å². The normalized spacial score (nSPS) is 13.0. The molecule has 24 heavy (non-hydrogen) atoms. The fourth-order valence-electron chi connectivity index (χ4n) is 2.14. The number of carbonyl (C=O) groups excluding carboxylic acids is 2. The first-order valence-corrected chi connectivity index (χ1v) is 8.91. The zero-order valence-corrected chi connectivity index (χ0v) is 15.0. The molecule has 0 saturated heterocycles. The fraction of sp³-hybridized carbons (Fsp3) is 0.471. The van der Waals surface area contributed by atoms with Crippen LogP contribution in [0.5, 0.6) is 0 Å². The van der Waals surface area contributed by atoms with E-state index in [0.29, 0.717) is 18.5 Å². The summed E-state index contributed by atoms with van der Waals surface area (Å²) >= 11 is 1.15. The molecule has 0 aromatic heterocycles. The predicted molar refractivity (Wildman–Crippen MR) is 96.2 cm³/mol. The van der Waals surface area contributed by atoms with E-state index in [9.17, 15) is 19.5 Å². The molecule has 1 atom stereocenters. The second-order valence-corrected chi connectivity index (χ2v) is 6.83. The summed E-state index contributed by atoms with van der Waals surface area (Å²) in [6.07, 6.45) is 1.00. The molecule has 0 aliphatic carbocycles. The monoisotopic (exact) mass is 352 g/mol. The number of aliphatic carboxylic acids is 1. The standard InChI is InChI=1S/C17H24N2O4S/c1-4-9-17(3,16(22)23)19-15(21)11-24-10-14(20)18-13-7-5-12(2)6-8-13/h5-8H,4,9-11H2,1-3H3,(H,18,20)(H,19,21)(H,22,23). The molecule has 1 rings (SSSR count). The lowest BCUT2D eigenvalue weighted by molar-refractivity contribution is -0.146. The van der Waals surface area contributed by atoms with Crippen molar-refractivity contribution in [3.8, 4) is 0 Å². The number of hydrogen-bond donors (Lipinski definition) is 3. The summed E-state index contributed by atoms with van der Waals surface area (Å²) in [5, 5.41) is 14.5. The maximum absolute atomic E-state index is 11.9. The Bertz CT molecular complexity index is 589. The highest BCUT2D eigenvalue weighted by atomic mass is 32.2. The van der Waals surface area contributed by atoms with Crippen molar-refractivity contribution in [1.29, 1.82) is 0 Å². The van der Waals surface area contributed by atoms with Gasteiger partial charge >= 0.3 is 5.97 Å². The Hall–Kier alpha value is -2.02. The number of carboxylic acid groups (broad SMARTS) is 1. The highest BCUT2D eigenvalue weighted by Crippen LogP contribution is 2.14. The van der Waals surface area contributed by atoms with Crippen molar-refractivity contribution >= 4 is 35.2 Å². The molecule has 1 aromatic carbocycles. The molecule has 0 radical (unpaired) electrons. The Labute approximate surface area is 146 Å². The Morgan fingerprint density at radius 2 is 1.71 bits per heavy atom. The molecular weight excluding hydrogens is 328 g/mol. The van der Waals surface area contributed by atoms with E-state index in [4.69, 9.17) is 0 Å². The average Bonchev–Trinajstić information content (AvgIpc) is 2.49. The molecule has 0 aliphatic heterocycles.